The number of benzene rings is 1. The van der Waals surface area contributed by atoms with Gasteiger partial charge in [-0.15, -0.1) is 0 Å². The minimum Gasteiger partial charge on any atom is -0.350 e. The third-order valence-corrected chi connectivity index (χ3v) is 3.69. The van der Waals surface area contributed by atoms with Gasteiger partial charge in [-0.2, -0.15) is 0 Å². The van der Waals surface area contributed by atoms with E-state index in [1.54, 1.807) is 0 Å². The first-order valence-corrected chi connectivity index (χ1v) is 7.42. The fraction of sp³-hybridized carbons (Fsp3) is 0.471. The number of likely N-dealkylation sites (N-methyl/N-ethyl adjacent to an activating group) is 1. The molecule has 1 aromatic carbocycles. The summed E-state index contributed by atoms with van der Waals surface area (Å²) < 4.78 is 0. The Hall–Kier alpha value is -1.61. The van der Waals surface area contributed by atoms with E-state index >= 15 is 0 Å². The summed E-state index contributed by atoms with van der Waals surface area (Å²) in [6, 6.07) is 10.4. The number of carbonyl (C=O) groups is 1. The highest BCUT2D eigenvalue weighted by atomic mass is 16.1. The molecule has 108 valence electrons. The zero-order valence-electron chi connectivity index (χ0n) is 12.6. The van der Waals surface area contributed by atoms with Gasteiger partial charge < -0.3 is 5.32 Å². The Balaban J connectivity index is 2.34. The summed E-state index contributed by atoms with van der Waals surface area (Å²) in [4.78, 5) is 14.8. The van der Waals surface area contributed by atoms with E-state index in [4.69, 9.17) is 0 Å². The minimum atomic E-state index is 0.0806. The highest BCUT2D eigenvalue weighted by Crippen LogP contribution is 2.27. The van der Waals surface area contributed by atoms with Crippen molar-refractivity contribution < 1.29 is 4.79 Å². The van der Waals surface area contributed by atoms with Crippen LogP contribution in [0.5, 0.6) is 0 Å². The molecule has 1 N–H and O–H groups in total. The lowest BCUT2D eigenvalue weighted by molar-refractivity contribution is -0.118. The molecule has 2 rings (SSSR count). The predicted octanol–water partition coefficient (Wildman–Crippen LogP) is 2.69. The van der Waals surface area contributed by atoms with Gasteiger partial charge >= 0.3 is 0 Å². The van der Waals surface area contributed by atoms with Crippen LogP contribution in [-0.4, -0.2) is 36.5 Å². The van der Waals surface area contributed by atoms with Crippen molar-refractivity contribution in [2.75, 3.05) is 19.6 Å². The molecule has 0 atom stereocenters. The molecule has 0 unspecified atom stereocenters. The van der Waals surface area contributed by atoms with E-state index in [0.717, 1.165) is 31.6 Å². The Labute approximate surface area is 121 Å². The van der Waals surface area contributed by atoms with Gasteiger partial charge in [0.05, 0.1) is 0 Å². The lowest BCUT2D eigenvalue weighted by Gasteiger charge is -2.30. The molecular weight excluding hydrogens is 248 g/mol. The largest absolute Gasteiger partial charge is 0.350 e. The molecule has 1 aliphatic rings. The van der Waals surface area contributed by atoms with Gasteiger partial charge in [0.15, 0.2) is 0 Å². The summed E-state index contributed by atoms with van der Waals surface area (Å²) >= 11 is 0. The molecule has 0 fully saturated rings. The molecule has 1 aliphatic heterocycles. The van der Waals surface area contributed by atoms with Gasteiger partial charge in [0.2, 0.25) is 5.91 Å². The van der Waals surface area contributed by atoms with Crippen molar-refractivity contribution in [1.29, 1.82) is 0 Å². The Kier molecular flexibility index (Phi) is 4.96. The van der Waals surface area contributed by atoms with Gasteiger partial charge in [-0.3, -0.25) is 9.69 Å². The monoisotopic (exact) mass is 272 g/mol. The van der Waals surface area contributed by atoms with Crippen LogP contribution in [0.15, 0.2) is 35.9 Å². The molecule has 0 bridgehead atoms. The Bertz CT molecular complexity index is 491. The third-order valence-electron chi connectivity index (χ3n) is 3.69. The first-order chi connectivity index (χ1) is 9.61. The van der Waals surface area contributed by atoms with Crippen molar-refractivity contribution in [2.24, 2.45) is 0 Å². The molecule has 3 nitrogen and oxygen atoms in total. The number of hydrogen-bond donors (Lipinski definition) is 1. The van der Waals surface area contributed by atoms with Crippen LogP contribution in [0.2, 0.25) is 0 Å². The second-order valence-corrected chi connectivity index (χ2v) is 5.57. The number of nitrogens with zero attached hydrogens (tertiary/aromatic N) is 1. The Morgan fingerprint density at radius 3 is 2.60 bits per heavy atom. The van der Waals surface area contributed by atoms with E-state index < -0.39 is 0 Å². The standard InChI is InChI=1S/C17H24N2O/c1-4-19-11-10-15(14-8-6-5-7-9-14)16(12-19)17(20)18-13(2)3/h5-9,13H,4,10-12H2,1-3H3,(H,18,20). The SMILES string of the molecule is CCN1CCC(c2ccccc2)=C(C(=O)NC(C)C)C1. The number of carbonyl (C=O) groups excluding carboxylic acids is 1. The molecule has 0 aliphatic carbocycles. The lowest BCUT2D eigenvalue weighted by Crippen LogP contribution is -2.39. The van der Waals surface area contributed by atoms with Crippen LogP contribution in [0.4, 0.5) is 0 Å². The molecule has 3 heteroatoms. The molecule has 20 heavy (non-hydrogen) atoms. The van der Waals surface area contributed by atoms with E-state index in [9.17, 15) is 4.79 Å². The molecule has 1 heterocycles. The fourth-order valence-corrected chi connectivity index (χ4v) is 2.60. The summed E-state index contributed by atoms with van der Waals surface area (Å²) in [5.41, 5.74) is 3.31. The number of hydrogen-bond acceptors (Lipinski definition) is 2. The van der Waals surface area contributed by atoms with Crippen molar-refractivity contribution in [2.45, 2.75) is 33.2 Å². The van der Waals surface area contributed by atoms with Gasteiger partial charge in [-0.1, -0.05) is 37.3 Å². The number of rotatable bonds is 4. The van der Waals surface area contributed by atoms with E-state index in [1.165, 1.54) is 11.1 Å². The average Bonchev–Trinajstić information content (AvgIpc) is 2.46. The summed E-state index contributed by atoms with van der Waals surface area (Å²) in [7, 11) is 0. The molecule has 1 aromatic rings. The van der Waals surface area contributed by atoms with Crippen LogP contribution in [0, 0.1) is 0 Å². The van der Waals surface area contributed by atoms with E-state index in [-0.39, 0.29) is 11.9 Å². The second-order valence-electron chi connectivity index (χ2n) is 5.57. The van der Waals surface area contributed by atoms with Crippen LogP contribution >= 0.6 is 0 Å². The van der Waals surface area contributed by atoms with Crippen molar-refractivity contribution in [3.8, 4) is 0 Å². The highest BCUT2D eigenvalue weighted by Gasteiger charge is 2.24. The van der Waals surface area contributed by atoms with Gasteiger partial charge in [0, 0.05) is 24.7 Å². The molecule has 0 radical (unpaired) electrons. The molecule has 0 spiro atoms. The van der Waals surface area contributed by atoms with Crippen LogP contribution in [0.3, 0.4) is 0 Å². The van der Waals surface area contributed by atoms with Crippen LogP contribution in [0.1, 0.15) is 32.8 Å². The summed E-state index contributed by atoms with van der Waals surface area (Å²) in [5.74, 6) is 0.0806. The molecule has 1 amide bonds. The third kappa shape index (κ3) is 3.48. The topological polar surface area (TPSA) is 32.3 Å². The Morgan fingerprint density at radius 1 is 1.30 bits per heavy atom. The summed E-state index contributed by atoms with van der Waals surface area (Å²) in [6.07, 6.45) is 0.943. The van der Waals surface area contributed by atoms with Gasteiger partial charge in [0.1, 0.15) is 0 Å². The van der Waals surface area contributed by atoms with Gasteiger partial charge in [-0.05, 0) is 37.9 Å². The smallest absolute Gasteiger partial charge is 0.249 e. The normalized spacial score (nSPS) is 16.6. The minimum absolute atomic E-state index is 0.0806. The molecule has 0 aromatic heterocycles. The average molecular weight is 272 g/mol. The van der Waals surface area contributed by atoms with Crippen molar-refractivity contribution >= 4 is 11.5 Å². The lowest BCUT2D eigenvalue weighted by atomic mass is 9.92. The van der Waals surface area contributed by atoms with E-state index in [0.29, 0.717) is 0 Å². The first kappa shape index (κ1) is 14.8. The second kappa shape index (κ2) is 6.71. The number of amides is 1. The summed E-state index contributed by atoms with van der Waals surface area (Å²) in [5, 5.41) is 3.03. The maximum Gasteiger partial charge on any atom is 0.249 e. The van der Waals surface area contributed by atoms with Gasteiger partial charge in [-0.25, -0.2) is 0 Å². The fourth-order valence-electron chi connectivity index (χ4n) is 2.60. The van der Waals surface area contributed by atoms with Crippen molar-refractivity contribution in [3.63, 3.8) is 0 Å². The summed E-state index contributed by atoms with van der Waals surface area (Å²) in [6.45, 7) is 8.91. The Morgan fingerprint density at radius 2 is 2.00 bits per heavy atom. The zero-order chi connectivity index (χ0) is 14.5. The predicted molar refractivity (Wildman–Crippen MR) is 83.4 cm³/mol. The van der Waals surface area contributed by atoms with E-state index in [2.05, 4.69) is 29.3 Å². The highest BCUT2D eigenvalue weighted by molar-refractivity contribution is 6.02. The van der Waals surface area contributed by atoms with Crippen LogP contribution in [0.25, 0.3) is 5.57 Å². The first-order valence-electron chi connectivity index (χ1n) is 7.42. The van der Waals surface area contributed by atoms with Gasteiger partial charge in [0.25, 0.3) is 0 Å². The maximum absolute atomic E-state index is 12.5. The molecule has 0 saturated carbocycles. The van der Waals surface area contributed by atoms with Crippen LogP contribution < -0.4 is 5.32 Å². The maximum atomic E-state index is 12.5. The molecular formula is C17H24N2O. The van der Waals surface area contributed by atoms with Crippen molar-refractivity contribution in [3.05, 3.63) is 41.5 Å². The van der Waals surface area contributed by atoms with Crippen LogP contribution in [-0.2, 0) is 4.79 Å². The van der Waals surface area contributed by atoms with E-state index in [1.807, 2.05) is 32.0 Å². The van der Waals surface area contributed by atoms with Crippen molar-refractivity contribution in [1.82, 2.24) is 10.2 Å². The zero-order valence-corrected chi connectivity index (χ0v) is 12.6. The number of nitrogens with one attached hydrogen (secondary N) is 1. The molecule has 0 saturated heterocycles. The quantitative estimate of drug-likeness (QED) is 0.914.